The number of carbonyl (C=O) groups is 1. The standard InChI is InChI=1S/C13H17ClO4/c1-4-8-13(2,3)17-18-16-12(15)10-6-5-7-11(14)9-10/h5-7,9H,4,8H2,1-3H3. The lowest BCUT2D eigenvalue weighted by Crippen LogP contribution is -2.25. The van der Waals surface area contributed by atoms with Gasteiger partial charge in [-0.1, -0.05) is 31.0 Å². The zero-order valence-corrected chi connectivity index (χ0v) is 11.5. The van der Waals surface area contributed by atoms with Crippen molar-refractivity contribution < 1.29 is 19.6 Å². The Balaban J connectivity index is 2.42. The zero-order chi connectivity index (χ0) is 13.6. The van der Waals surface area contributed by atoms with Crippen molar-refractivity contribution in [3.63, 3.8) is 0 Å². The summed E-state index contributed by atoms with van der Waals surface area (Å²) in [6.45, 7) is 5.73. The molecule has 4 nitrogen and oxygen atoms in total. The molecule has 0 N–H and O–H groups in total. The molecule has 0 aliphatic carbocycles. The topological polar surface area (TPSA) is 44.8 Å². The third-order valence-electron chi connectivity index (χ3n) is 2.28. The summed E-state index contributed by atoms with van der Waals surface area (Å²) in [4.78, 5) is 21.1. The zero-order valence-electron chi connectivity index (χ0n) is 10.7. The van der Waals surface area contributed by atoms with E-state index in [0.717, 1.165) is 12.8 Å². The van der Waals surface area contributed by atoms with Crippen LogP contribution in [0, 0.1) is 0 Å². The molecule has 0 aliphatic rings. The largest absolute Gasteiger partial charge is 0.376 e. The quantitative estimate of drug-likeness (QED) is 0.581. The third-order valence-corrected chi connectivity index (χ3v) is 2.52. The Hall–Kier alpha value is -1.10. The molecule has 0 aliphatic heterocycles. The smallest absolute Gasteiger partial charge is 0.263 e. The Morgan fingerprint density at radius 3 is 2.72 bits per heavy atom. The molecule has 0 bridgehead atoms. The Bertz CT molecular complexity index is 404. The van der Waals surface area contributed by atoms with Gasteiger partial charge in [0.25, 0.3) is 0 Å². The van der Waals surface area contributed by atoms with Gasteiger partial charge in [-0.05, 0) is 43.5 Å². The first-order chi connectivity index (χ1) is 8.44. The van der Waals surface area contributed by atoms with E-state index in [1.165, 1.54) is 6.07 Å². The van der Waals surface area contributed by atoms with Gasteiger partial charge in [0, 0.05) is 5.02 Å². The van der Waals surface area contributed by atoms with Crippen LogP contribution in [-0.2, 0) is 14.8 Å². The molecule has 0 heterocycles. The van der Waals surface area contributed by atoms with E-state index in [0.29, 0.717) is 10.6 Å². The molecule has 0 saturated heterocycles. The van der Waals surface area contributed by atoms with Gasteiger partial charge in [0.05, 0.1) is 5.56 Å². The lowest BCUT2D eigenvalue weighted by Gasteiger charge is -2.20. The molecule has 0 radical (unpaired) electrons. The van der Waals surface area contributed by atoms with Gasteiger partial charge < -0.3 is 0 Å². The van der Waals surface area contributed by atoms with Crippen LogP contribution in [0.5, 0.6) is 0 Å². The second-order valence-corrected chi connectivity index (χ2v) is 4.98. The van der Waals surface area contributed by atoms with E-state index in [9.17, 15) is 4.79 Å². The average molecular weight is 273 g/mol. The molecule has 1 aromatic rings. The Morgan fingerprint density at radius 1 is 1.39 bits per heavy atom. The lowest BCUT2D eigenvalue weighted by atomic mass is 10.0. The summed E-state index contributed by atoms with van der Waals surface area (Å²) < 4.78 is 0. The van der Waals surface area contributed by atoms with Crippen LogP contribution in [0.4, 0.5) is 0 Å². The van der Waals surface area contributed by atoms with Gasteiger partial charge in [0.1, 0.15) is 5.60 Å². The first-order valence-corrected chi connectivity index (χ1v) is 6.14. The summed E-state index contributed by atoms with van der Waals surface area (Å²) in [5.74, 6) is -0.648. The van der Waals surface area contributed by atoms with E-state index in [2.05, 4.69) is 9.93 Å². The van der Waals surface area contributed by atoms with Crippen molar-refractivity contribution >= 4 is 17.6 Å². The Kier molecular flexibility index (Phi) is 5.59. The van der Waals surface area contributed by atoms with Crippen LogP contribution < -0.4 is 0 Å². The predicted octanol–water partition coefficient (Wildman–Crippen LogP) is 3.94. The molecule has 0 unspecified atom stereocenters. The van der Waals surface area contributed by atoms with Crippen LogP contribution in [-0.4, -0.2) is 11.6 Å². The van der Waals surface area contributed by atoms with Gasteiger partial charge in [-0.2, -0.15) is 4.89 Å². The summed E-state index contributed by atoms with van der Waals surface area (Å²) >= 11 is 5.76. The molecule has 1 rings (SSSR count). The monoisotopic (exact) mass is 272 g/mol. The summed E-state index contributed by atoms with van der Waals surface area (Å²) in [7, 11) is 0. The highest BCUT2D eigenvalue weighted by atomic mass is 35.5. The number of carbonyl (C=O) groups excluding carboxylic acids is 1. The Labute approximate surface area is 112 Å². The molecule has 5 heteroatoms. The van der Waals surface area contributed by atoms with Crippen molar-refractivity contribution in [3.05, 3.63) is 34.9 Å². The minimum Gasteiger partial charge on any atom is -0.263 e. The van der Waals surface area contributed by atoms with Gasteiger partial charge in [-0.25, -0.2) is 4.79 Å². The van der Waals surface area contributed by atoms with Crippen molar-refractivity contribution in [1.29, 1.82) is 0 Å². The second kappa shape index (κ2) is 6.73. The van der Waals surface area contributed by atoms with E-state index in [4.69, 9.17) is 16.5 Å². The fraction of sp³-hybridized carbons (Fsp3) is 0.462. The summed E-state index contributed by atoms with van der Waals surface area (Å²) in [6.07, 6.45) is 1.74. The van der Waals surface area contributed by atoms with Crippen LogP contribution in [0.1, 0.15) is 44.0 Å². The molecule has 100 valence electrons. The molecule has 0 amide bonds. The van der Waals surface area contributed by atoms with Gasteiger partial charge in [0.15, 0.2) is 0 Å². The normalized spacial score (nSPS) is 11.3. The Morgan fingerprint density at radius 2 is 2.11 bits per heavy atom. The number of halogens is 1. The molecule has 0 atom stereocenters. The number of hydrogen-bond donors (Lipinski definition) is 0. The van der Waals surface area contributed by atoms with Crippen LogP contribution in [0.15, 0.2) is 24.3 Å². The molecule has 0 spiro atoms. The number of hydrogen-bond acceptors (Lipinski definition) is 4. The maximum absolute atomic E-state index is 11.6. The molecule has 18 heavy (non-hydrogen) atoms. The van der Waals surface area contributed by atoms with Crippen LogP contribution in [0.3, 0.4) is 0 Å². The van der Waals surface area contributed by atoms with Crippen molar-refractivity contribution in [3.8, 4) is 0 Å². The van der Waals surface area contributed by atoms with E-state index >= 15 is 0 Å². The van der Waals surface area contributed by atoms with Gasteiger partial charge in [-0.3, -0.25) is 4.89 Å². The maximum Gasteiger partial charge on any atom is 0.376 e. The van der Waals surface area contributed by atoms with Crippen LogP contribution in [0.25, 0.3) is 0 Å². The van der Waals surface area contributed by atoms with E-state index in [1.807, 2.05) is 20.8 Å². The van der Waals surface area contributed by atoms with Gasteiger partial charge in [-0.15, -0.1) is 0 Å². The van der Waals surface area contributed by atoms with Crippen molar-refractivity contribution in [1.82, 2.24) is 0 Å². The molecule has 0 saturated carbocycles. The number of rotatable bonds is 6. The number of benzene rings is 1. The molecule has 0 fully saturated rings. The first-order valence-electron chi connectivity index (χ1n) is 5.77. The van der Waals surface area contributed by atoms with E-state index in [-0.39, 0.29) is 0 Å². The van der Waals surface area contributed by atoms with Gasteiger partial charge in [0.2, 0.25) is 0 Å². The van der Waals surface area contributed by atoms with Crippen LogP contribution >= 0.6 is 11.6 Å². The highest BCUT2D eigenvalue weighted by Crippen LogP contribution is 2.17. The van der Waals surface area contributed by atoms with Crippen molar-refractivity contribution in [2.24, 2.45) is 0 Å². The molecular weight excluding hydrogens is 256 g/mol. The molecule has 1 aromatic carbocycles. The second-order valence-electron chi connectivity index (χ2n) is 4.54. The highest BCUT2D eigenvalue weighted by Gasteiger charge is 2.20. The third kappa shape index (κ3) is 5.04. The highest BCUT2D eigenvalue weighted by molar-refractivity contribution is 6.30. The minimum atomic E-state index is -0.648. The lowest BCUT2D eigenvalue weighted by molar-refractivity contribution is -0.513. The fourth-order valence-electron chi connectivity index (χ4n) is 1.45. The van der Waals surface area contributed by atoms with Crippen LogP contribution in [0.2, 0.25) is 5.02 Å². The summed E-state index contributed by atoms with van der Waals surface area (Å²) in [5.41, 5.74) is -0.192. The SMILES string of the molecule is CCCC(C)(C)OOOC(=O)c1cccc(Cl)c1. The molecule has 0 aromatic heterocycles. The first kappa shape index (κ1) is 15.0. The maximum atomic E-state index is 11.6. The predicted molar refractivity (Wildman–Crippen MR) is 68.0 cm³/mol. The average Bonchev–Trinajstić information content (AvgIpc) is 2.28. The van der Waals surface area contributed by atoms with E-state index < -0.39 is 11.6 Å². The minimum absolute atomic E-state index is 0.305. The fourth-order valence-corrected chi connectivity index (χ4v) is 1.64. The van der Waals surface area contributed by atoms with Crippen molar-refractivity contribution in [2.75, 3.05) is 0 Å². The van der Waals surface area contributed by atoms with Crippen molar-refractivity contribution in [2.45, 2.75) is 39.2 Å². The van der Waals surface area contributed by atoms with E-state index in [1.54, 1.807) is 18.2 Å². The molecular formula is C13H17ClO4. The summed E-state index contributed by atoms with van der Waals surface area (Å²) in [6, 6.07) is 6.39. The summed E-state index contributed by atoms with van der Waals surface area (Å²) in [5, 5.41) is 4.97. The van der Waals surface area contributed by atoms with Gasteiger partial charge >= 0.3 is 5.97 Å².